The van der Waals surface area contributed by atoms with Crippen molar-refractivity contribution in [1.29, 1.82) is 0 Å². The lowest BCUT2D eigenvalue weighted by Gasteiger charge is -2.05. The van der Waals surface area contributed by atoms with Crippen molar-refractivity contribution in [2.45, 2.75) is 6.42 Å². The Labute approximate surface area is 173 Å². The van der Waals surface area contributed by atoms with Crippen molar-refractivity contribution in [2.24, 2.45) is 5.73 Å². The number of anilines is 1. The minimum atomic E-state index is -0.488. The summed E-state index contributed by atoms with van der Waals surface area (Å²) < 4.78 is 7.09. The van der Waals surface area contributed by atoms with Gasteiger partial charge in [0.1, 0.15) is 5.69 Å². The van der Waals surface area contributed by atoms with E-state index in [4.69, 9.17) is 21.8 Å². The molecule has 10 heteroatoms. The normalized spacial score (nSPS) is 10.8. The summed E-state index contributed by atoms with van der Waals surface area (Å²) in [5.74, 6) is -0.368. The number of aromatic nitrogens is 3. The topological polar surface area (TPSA) is 116 Å². The number of carbonyl (C=O) groups excluding carboxylic acids is 2. The molecule has 0 saturated heterocycles. The molecule has 3 N–H and O–H groups in total. The molecule has 29 heavy (non-hydrogen) atoms. The van der Waals surface area contributed by atoms with Crippen molar-refractivity contribution < 1.29 is 14.0 Å². The van der Waals surface area contributed by atoms with Crippen LogP contribution in [0, 0.1) is 0 Å². The minimum absolute atomic E-state index is 0.0141. The Balaban J connectivity index is 1.64. The molecule has 0 atom stereocenters. The quantitative estimate of drug-likeness (QED) is 0.488. The van der Waals surface area contributed by atoms with Gasteiger partial charge in [0.15, 0.2) is 16.6 Å². The van der Waals surface area contributed by atoms with E-state index in [9.17, 15) is 9.59 Å². The summed E-state index contributed by atoms with van der Waals surface area (Å²) in [6, 6.07) is 12.2. The highest BCUT2D eigenvalue weighted by atomic mass is 35.5. The molecule has 0 fully saturated rings. The Kier molecular flexibility index (Phi) is 5.15. The second-order valence-electron chi connectivity index (χ2n) is 6.02. The van der Waals surface area contributed by atoms with Crippen molar-refractivity contribution >= 4 is 39.9 Å². The molecule has 0 aliphatic rings. The van der Waals surface area contributed by atoms with Crippen LogP contribution >= 0.6 is 22.9 Å². The first-order chi connectivity index (χ1) is 14.0. The van der Waals surface area contributed by atoms with Crippen molar-refractivity contribution in [1.82, 2.24) is 14.8 Å². The van der Waals surface area contributed by atoms with E-state index in [0.29, 0.717) is 27.3 Å². The van der Waals surface area contributed by atoms with E-state index in [0.717, 1.165) is 5.69 Å². The maximum atomic E-state index is 12.7. The fourth-order valence-corrected chi connectivity index (χ4v) is 3.49. The van der Waals surface area contributed by atoms with E-state index in [2.05, 4.69) is 15.4 Å². The van der Waals surface area contributed by atoms with Gasteiger partial charge in [0.2, 0.25) is 5.91 Å². The number of amides is 2. The fourth-order valence-electron chi connectivity index (χ4n) is 2.66. The Hall–Kier alpha value is -3.43. The lowest BCUT2D eigenvalue weighted by Crippen LogP contribution is -2.15. The summed E-state index contributed by atoms with van der Waals surface area (Å²) >= 11 is 7.17. The van der Waals surface area contributed by atoms with Crippen molar-refractivity contribution in [3.63, 3.8) is 0 Å². The number of nitrogens with zero attached hydrogens (tertiary/aromatic N) is 3. The predicted molar refractivity (Wildman–Crippen MR) is 109 cm³/mol. The molecule has 0 radical (unpaired) electrons. The van der Waals surface area contributed by atoms with Crippen LogP contribution in [0.3, 0.4) is 0 Å². The van der Waals surface area contributed by atoms with Crippen LogP contribution in [0.2, 0.25) is 5.02 Å². The van der Waals surface area contributed by atoms with E-state index in [-0.39, 0.29) is 12.1 Å². The molecule has 0 aliphatic carbocycles. The molecular weight excluding hydrogens is 414 g/mol. The van der Waals surface area contributed by atoms with Crippen LogP contribution in [-0.2, 0) is 11.2 Å². The Morgan fingerprint density at radius 3 is 2.72 bits per heavy atom. The first-order valence-corrected chi connectivity index (χ1v) is 9.69. The highest BCUT2D eigenvalue weighted by molar-refractivity contribution is 7.14. The van der Waals surface area contributed by atoms with Crippen LogP contribution in [0.4, 0.5) is 5.13 Å². The minimum Gasteiger partial charge on any atom is -0.463 e. The zero-order chi connectivity index (χ0) is 20.4. The summed E-state index contributed by atoms with van der Waals surface area (Å²) in [6.07, 6.45) is 1.56. The lowest BCUT2D eigenvalue weighted by atomic mass is 10.2. The van der Waals surface area contributed by atoms with E-state index in [1.807, 2.05) is 0 Å². The van der Waals surface area contributed by atoms with Gasteiger partial charge in [-0.25, -0.2) is 9.67 Å². The molecule has 0 bridgehead atoms. The van der Waals surface area contributed by atoms with E-state index < -0.39 is 11.8 Å². The molecule has 3 heterocycles. The van der Waals surface area contributed by atoms with Gasteiger partial charge in [-0.3, -0.25) is 14.9 Å². The summed E-state index contributed by atoms with van der Waals surface area (Å²) in [7, 11) is 0. The standard InChI is InChI=1S/C19H14ClN5O3S/c20-11-3-5-13(6-4-11)25-15(16-2-1-7-28-16)9-14(24-25)18(27)23-19-22-12(10-29-19)8-17(21)26/h1-7,9-10H,8H2,(H2,21,26)(H,22,23,27). The average Bonchev–Trinajstić information content (AvgIpc) is 3.42. The van der Waals surface area contributed by atoms with Crippen LogP contribution in [-0.4, -0.2) is 26.6 Å². The Morgan fingerprint density at radius 2 is 2.03 bits per heavy atom. The van der Waals surface area contributed by atoms with Crippen molar-refractivity contribution in [2.75, 3.05) is 5.32 Å². The maximum absolute atomic E-state index is 12.7. The number of primary amides is 1. The number of furan rings is 1. The van der Waals surface area contributed by atoms with E-state index >= 15 is 0 Å². The molecule has 146 valence electrons. The predicted octanol–water partition coefficient (Wildman–Crippen LogP) is 3.52. The fraction of sp³-hybridized carbons (Fsp3) is 0.0526. The first kappa shape index (κ1) is 18.9. The monoisotopic (exact) mass is 427 g/mol. The number of nitrogens with one attached hydrogen (secondary N) is 1. The smallest absolute Gasteiger partial charge is 0.277 e. The number of rotatable bonds is 6. The number of hydrogen-bond acceptors (Lipinski definition) is 6. The molecule has 4 aromatic rings. The summed E-state index contributed by atoms with van der Waals surface area (Å²) in [5, 5.41) is 9.72. The SMILES string of the molecule is NC(=O)Cc1csc(NC(=O)c2cc(-c3ccco3)n(-c3ccc(Cl)cc3)n2)n1. The highest BCUT2D eigenvalue weighted by Crippen LogP contribution is 2.26. The largest absolute Gasteiger partial charge is 0.463 e. The van der Waals surface area contributed by atoms with Gasteiger partial charge in [-0.05, 0) is 36.4 Å². The molecule has 0 spiro atoms. The average molecular weight is 428 g/mol. The number of thiazole rings is 1. The van der Waals surface area contributed by atoms with Gasteiger partial charge in [0.05, 0.1) is 24.1 Å². The van der Waals surface area contributed by atoms with Crippen molar-refractivity contribution in [3.05, 3.63) is 70.5 Å². The highest BCUT2D eigenvalue weighted by Gasteiger charge is 2.19. The molecular formula is C19H14ClN5O3S. The lowest BCUT2D eigenvalue weighted by molar-refractivity contribution is -0.117. The van der Waals surface area contributed by atoms with Crippen LogP contribution in [0.1, 0.15) is 16.2 Å². The summed E-state index contributed by atoms with van der Waals surface area (Å²) in [6.45, 7) is 0. The van der Waals surface area contributed by atoms with Gasteiger partial charge in [-0.2, -0.15) is 5.10 Å². The van der Waals surface area contributed by atoms with Gasteiger partial charge in [-0.15, -0.1) is 11.3 Å². The van der Waals surface area contributed by atoms with E-state index in [1.165, 1.54) is 11.3 Å². The van der Waals surface area contributed by atoms with Gasteiger partial charge in [0.25, 0.3) is 5.91 Å². The van der Waals surface area contributed by atoms with Crippen LogP contribution in [0.15, 0.2) is 58.5 Å². The third-order valence-electron chi connectivity index (χ3n) is 3.91. The number of nitrogens with two attached hydrogens (primary N) is 1. The number of carbonyl (C=O) groups is 2. The van der Waals surface area contributed by atoms with Crippen LogP contribution < -0.4 is 11.1 Å². The number of hydrogen-bond donors (Lipinski definition) is 2. The van der Waals surface area contributed by atoms with Gasteiger partial charge >= 0.3 is 0 Å². The molecule has 0 saturated carbocycles. The zero-order valence-electron chi connectivity index (χ0n) is 14.8. The Morgan fingerprint density at radius 1 is 1.24 bits per heavy atom. The van der Waals surface area contributed by atoms with E-state index in [1.54, 1.807) is 58.8 Å². The number of halogens is 1. The Bertz CT molecular complexity index is 1170. The second-order valence-corrected chi connectivity index (χ2v) is 7.32. The summed E-state index contributed by atoms with van der Waals surface area (Å²) in [5.41, 5.74) is 7.17. The second kappa shape index (κ2) is 7.90. The van der Waals surface area contributed by atoms with Crippen LogP contribution in [0.5, 0.6) is 0 Å². The molecule has 3 aromatic heterocycles. The van der Waals surface area contributed by atoms with Gasteiger partial charge in [0, 0.05) is 16.5 Å². The van der Waals surface area contributed by atoms with Crippen LogP contribution in [0.25, 0.3) is 17.1 Å². The van der Waals surface area contributed by atoms with Crippen molar-refractivity contribution in [3.8, 4) is 17.1 Å². The first-order valence-electron chi connectivity index (χ1n) is 8.43. The molecule has 0 unspecified atom stereocenters. The maximum Gasteiger partial charge on any atom is 0.277 e. The molecule has 1 aromatic carbocycles. The molecule has 0 aliphatic heterocycles. The zero-order valence-corrected chi connectivity index (χ0v) is 16.4. The molecule has 2 amide bonds. The number of benzene rings is 1. The van der Waals surface area contributed by atoms with Gasteiger partial charge in [-0.1, -0.05) is 11.6 Å². The van der Waals surface area contributed by atoms with Gasteiger partial charge < -0.3 is 10.2 Å². The third-order valence-corrected chi connectivity index (χ3v) is 4.97. The molecule has 8 nitrogen and oxygen atoms in total. The molecule has 4 rings (SSSR count). The third kappa shape index (κ3) is 4.20. The summed E-state index contributed by atoms with van der Waals surface area (Å²) in [4.78, 5) is 27.9.